The van der Waals surface area contributed by atoms with Crippen LogP contribution in [0.1, 0.15) is 37.0 Å². The molecule has 3 N–H and O–H groups in total. The van der Waals surface area contributed by atoms with Crippen LogP contribution >= 0.6 is 0 Å². The molecule has 0 aromatic carbocycles. The minimum absolute atomic E-state index is 0.137. The van der Waals surface area contributed by atoms with Gasteiger partial charge in [0.05, 0.1) is 5.56 Å². The number of rotatable bonds is 3. The molecule has 0 saturated heterocycles. The van der Waals surface area contributed by atoms with E-state index >= 15 is 0 Å². The average molecular weight is 219 g/mol. The van der Waals surface area contributed by atoms with Gasteiger partial charge < -0.3 is 11.1 Å². The van der Waals surface area contributed by atoms with Gasteiger partial charge in [-0.2, -0.15) is 0 Å². The van der Waals surface area contributed by atoms with E-state index in [4.69, 9.17) is 5.73 Å². The van der Waals surface area contributed by atoms with E-state index in [9.17, 15) is 4.79 Å². The molecule has 0 aliphatic heterocycles. The van der Waals surface area contributed by atoms with Crippen LogP contribution in [0, 0.1) is 5.92 Å². The van der Waals surface area contributed by atoms with Crippen molar-refractivity contribution in [1.29, 1.82) is 0 Å². The first-order valence-corrected chi connectivity index (χ1v) is 5.53. The Balaban J connectivity index is 2.11. The van der Waals surface area contributed by atoms with Crippen LogP contribution in [0.2, 0.25) is 0 Å². The number of nitrogens with one attached hydrogen (secondary N) is 1. The van der Waals surface area contributed by atoms with Crippen molar-refractivity contribution in [2.75, 3.05) is 5.73 Å². The second-order valence-corrected chi connectivity index (χ2v) is 4.91. The number of aromatic nitrogens is 1. The van der Waals surface area contributed by atoms with Gasteiger partial charge in [0.2, 0.25) is 0 Å². The van der Waals surface area contributed by atoms with Crippen LogP contribution in [0.5, 0.6) is 0 Å². The number of amides is 1. The van der Waals surface area contributed by atoms with E-state index in [-0.39, 0.29) is 11.4 Å². The molecular formula is C12H17N3O. The standard InChI is InChI=1S/C12H17N3O/c1-12(2,8-3-4-8)15-11(16)9-7-14-6-5-10(9)13/h5-8H,3-4H2,1-2H3,(H2,13,14)(H,15,16). The highest BCUT2D eigenvalue weighted by Crippen LogP contribution is 2.39. The van der Waals surface area contributed by atoms with Crippen molar-refractivity contribution in [3.8, 4) is 0 Å². The second kappa shape index (κ2) is 3.77. The molecule has 86 valence electrons. The fourth-order valence-corrected chi connectivity index (χ4v) is 1.86. The van der Waals surface area contributed by atoms with Crippen LogP contribution in [-0.2, 0) is 0 Å². The van der Waals surface area contributed by atoms with Crippen molar-refractivity contribution in [1.82, 2.24) is 10.3 Å². The van der Waals surface area contributed by atoms with Gasteiger partial charge in [0.25, 0.3) is 5.91 Å². The third-order valence-corrected chi connectivity index (χ3v) is 3.13. The molecule has 0 atom stereocenters. The van der Waals surface area contributed by atoms with E-state index in [1.807, 2.05) is 0 Å². The highest BCUT2D eigenvalue weighted by Gasteiger charge is 2.39. The summed E-state index contributed by atoms with van der Waals surface area (Å²) < 4.78 is 0. The molecule has 1 saturated carbocycles. The first-order chi connectivity index (χ1) is 7.50. The lowest BCUT2D eigenvalue weighted by Gasteiger charge is -2.26. The number of anilines is 1. The van der Waals surface area contributed by atoms with Gasteiger partial charge >= 0.3 is 0 Å². The molecule has 0 radical (unpaired) electrons. The van der Waals surface area contributed by atoms with Gasteiger partial charge in [-0.25, -0.2) is 0 Å². The van der Waals surface area contributed by atoms with Gasteiger partial charge in [-0.05, 0) is 38.7 Å². The number of pyridine rings is 1. The lowest BCUT2D eigenvalue weighted by molar-refractivity contribution is 0.0904. The smallest absolute Gasteiger partial charge is 0.255 e. The quantitative estimate of drug-likeness (QED) is 0.811. The SMILES string of the molecule is CC(C)(NC(=O)c1cnccc1N)C1CC1. The second-order valence-electron chi connectivity index (χ2n) is 4.91. The highest BCUT2D eigenvalue weighted by atomic mass is 16.1. The zero-order valence-electron chi connectivity index (χ0n) is 9.66. The zero-order chi connectivity index (χ0) is 11.8. The molecule has 4 nitrogen and oxygen atoms in total. The third-order valence-electron chi connectivity index (χ3n) is 3.13. The van der Waals surface area contributed by atoms with Crippen LogP contribution < -0.4 is 11.1 Å². The Kier molecular flexibility index (Phi) is 2.58. The Bertz CT molecular complexity index is 410. The largest absolute Gasteiger partial charge is 0.398 e. The Morgan fingerprint density at radius 3 is 2.81 bits per heavy atom. The lowest BCUT2D eigenvalue weighted by atomic mass is 9.98. The minimum atomic E-state index is -0.153. The number of carbonyl (C=O) groups is 1. The molecule has 1 amide bonds. The van der Waals surface area contributed by atoms with E-state index in [0.717, 1.165) is 0 Å². The average Bonchev–Trinajstić information content (AvgIpc) is 3.00. The van der Waals surface area contributed by atoms with Crippen molar-refractivity contribution >= 4 is 11.6 Å². The number of nitrogen functional groups attached to an aromatic ring is 1. The molecule has 4 heteroatoms. The van der Waals surface area contributed by atoms with Crippen LogP contribution in [0.15, 0.2) is 18.5 Å². The van der Waals surface area contributed by atoms with Gasteiger partial charge in [0, 0.05) is 23.6 Å². The molecule has 0 unspecified atom stereocenters. The molecule has 1 aromatic rings. The molecule has 1 fully saturated rings. The number of hydrogen-bond donors (Lipinski definition) is 2. The highest BCUT2D eigenvalue weighted by molar-refractivity contribution is 5.99. The Hall–Kier alpha value is -1.58. The number of nitrogens with zero attached hydrogens (tertiary/aromatic N) is 1. The minimum Gasteiger partial charge on any atom is -0.398 e. The van der Waals surface area contributed by atoms with E-state index < -0.39 is 0 Å². The summed E-state index contributed by atoms with van der Waals surface area (Å²) in [6, 6.07) is 1.64. The molecule has 1 aliphatic carbocycles. The summed E-state index contributed by atoms with van der Waals surface area (Å²) in [5.41, 5.74) is 6.50. The van der Waals surface area contributed by atoms with Gasteiger partial charge in [0.1, 0.15) is 0 Å². The first-order valence-electron chi connectivity index (χ1n) is 5.53. The number of carbonyl (C=O) groups excluding carboxylic acids is 1. The van der Waals surface area contributed by atoms with Crippen molar-refractivity contribution in [3.63, 3.8) is 0 Å². The van der Waals surface area contributed by atoms with Crippen LogP contribution in [0.3, 0.4) is 0 Å². The first kappa shape index (κ1) is 10.9. The Morgan fingerprint density at radius 1 is 1.56 bits per heavy atom. The fourth-order valence-electron chi connectivity index (χ4n) is 1.86. The van der Waals surface area contributed by atoms with Crippen molar-refractivity contribution in [3.05, 3.63) is 24.0 Å². The van der Waals surface area contributed by atoms with E-state index in [0.29, 0.717) is 17.2 Å². The molecule has 16 heavy (non-hydrogen) atoms. The third kappa shape index (κ3) is 2.15. The van der Waals surface area contributed by atoms with Gasteiger partial charge in [-0.1, -0.05) is 0 Å². The van der Waals surface area contributed by atoms with E-state index in [2.05, 4.69) is 24.1 Å². The summed E-state index contributed by atoms with van der Waals surface area (Å²) in [5.74, 6) is 0.455. The molecule has 1 aromatic heterocycles. The monoisotopic (exact) mass is 219 g/mol. The zero-order valence-corrected chi connectivity index (χ0v) is 9.66. The van der Waals surface area contributed by atoms with Gasteiger partial charge in [0.15, 0.2) is 0 Å². The maximum absolute atomic E-state index is 12.0. The van der Waals surface area contributed by atoms with Gasteiger partial charge in [-0.3, -0.25) is 9.78 Å². The van der Waals surface area contributed by atoms with Crippen LogP contribution in [0.4, 0.5) is 5.69 Å². The van der Waals surface area contributed by atoms with Crippen LogP contribution in [0.25, 0.3) is 0 Å². The molecular weight excluding hydrogens is 202 g/mol. The summed E-state index contributed by atoms with van der Waals surface area (Å²) in [5, 5.41) is 3.02. The maximum Gasteiger partial charge on any atom is 0.255 e. The molecule has 0 bridgehead atoms. The molecule has 0 spiro atoms. The Morgan fingerprint density at radius 2 is 2.25 bits per heavy atom. The van der Waals surface area contributed by atoms with E-state index in [1.165, 1.54) is 19.0 Å². The Labute approximate surface area is 95.3 Å². The molecule has 2 rings (SSSR count). The summed E-state index contributed by atoms with van der Waals surface area (Å²) in [6.07, 6.45) is 5.47. The number of hydrogen-bond acceptors (Lipinski definition) is 3. The van der Waals surface area contributed by atoms with Crippen LogP contribution in [-0.4, -0.2) is 16.4 Å². The maximum atomic E-state index is 12.0. The molecule has 1 heterocycles. The summed E-state index contributed by atoms with van der Waals surface area (Å²) >= 11 is 0. The lowest BCUT2D eigenvalue weighted by Crippen LogP contribution is -2.45. The van der Waals surface area contributed by atoms with Crippen molar-refractivity contribution in [2.24, 2.45) is 5.92 Å². The van der Waals surface area contributed by atoms with Crippen molar-refractivity contribution < 1.29 is 4.79 Å². The van der Waals surface area contributed by atoms with E-state index in [1.54, 1.807) is 12.3 Å². The summed E-state index contributed by atoms with van der Waals surface area (Å²) in [6.45, 7) is 4.10. The normalized spacial score (nSPS) is 15.9. The van der Waals surface area contributed by atoms with Gasteiger partial charge in [-0.15, -0.1) is 0 Å². The van der Waals surface area contributed by atoms with Crippen molar-refractivity contribution in [2.45, 2.75) is 32.2 Å². The fraction of sp³-hybridized carbons (Fsp3) is 0.500. The number of nitrogens with two attached hydrogens (primary N) is 1. The molecule has 1 aliphatic rings. The predicted octanol–water partition coefficient (Wildman–Crippen LogP) is 1.58. The summed E-state index contributed by atoms with van der Waals surface area (Å²) in [4.78, 5) is 15.9. The summed E-state index contributed by atoms with van der Waals surface area (Å²) in [7, 11) is 0. The predicted molar refractivity (Wildman–Crippen MR) is 62.9 cm³/mol. The topological polar surface area (TPSA) is 68.0 Å².